The van der Waals surface area contributed by atoms with E-state index in [2.05, 4.69) is 13.8 Å². The average Bonchev–Trinajstić information content (AvgIpc) is 2.77. The van der Waals surface area contributed by atoms with Gasteiger partial charge in [-0.05, 0) is 31.4 Å². The third kappa shape index (κ3) is 3.07. The van der Waals surface area contributed by atoms with Gasteiger partial charge in [0.25, 0.3) is 0 Å². The number of benzene rings is 1. The molecule has 2 rings (SSSR count). The highest BCUT2D eigenvalue weighted by Crippen LogP contribution is 2.25. The highest BCUT2D eigenvalue weighted by atomic mass is 32.2. The zero-order valence-electron chi connectivity index (χ0n) is 11.7. The number of hydrogen-bond acceptors (Lipinski definition) is 2. The van der Waals surface area contributed by atoms with Crippen LogP contribution in [0.1, 0.15) is 25.8 Å². The molecule has 0 saturated carbocycles. The molecule has 0 aliphatic carbocycles. The highest BCUT2D eigenvalue weighted by Gasteiger charge is 2.32. The molecular formula is C15H21NO2S. The molecule has 0 spiro atoms. The summed E-state index contributed by atoms with van der Waals surface area (Å²) in [5.41, 5.74) is 1.07. The summed E-state index contributed by atoms with van der Waals surface area (Å²) in [4.78, 5) is 0.385. The summed E-state index contributed by atoms with van der Waals surface area (Å²) in [5, 5.41) is 0. The molecule has 0 radical (unpaired) electrons. The third-order valence-corrected chi connectivity index (χ3v) is 5.26. The molecule has 1 aliphatic heterocycles. The van der Waals surface area contributed by atoms with Gasteiger partial charge in [-0.1, -0.05) is 43.7 Å². The number of nitrogens with zero attached hydrogens (tertiary/aromatic N) is 1. The summed E-state index contributed by atoms with van der Waals surface area (Å²) < 4.78 is 26.8. The molecule has 0 unspecified atom stereocenters. The maximum absolute atomic E-state index is 12.6. The normalized spacial score (nSPS) is 20.3. The maximum Gasteiger partial charge on any atom is 0.243 e. The zero-order valence-corrected chi connectivity index (χ0v) is 12.5. The van der Waals surface area contributed by atoms with Crippen LogP contribution in [-0.4, -0.2) is 25.3 Å². The monoisotopic (exact) mass is 279 g/mol. The first-order chi connectivity index (χ1) is 8.91. The van der Waals surface area contributed by atoms with Crippen LogP contribution in [0, 0.1) is 12.8 Å². The molecule has 1 aromatic carbocycles. The van der Waals surface area contributed by atoms with Crippen molar-refractivity contribution < 1.29 is 8.42 Å². The Balaban J connectivity index is 2.27. The van der Waals surface area contributed by atoms with Crippen LogP contribution in [0.5, 0.6) is 0 Å². The van der Waals surface area contributed by atoms with Crippen LogP contribution in [0.4, 0.5) is 0 Å². The van der Waals surface area contributed by atoms with Crippen molar-refractivity contribution >= 4 is 10.0 Å². The predicted octanol–water partition coefficient (Wildman–Crippen LogP) is 2.97. The van der Waals surface area contributed by atoms with Crippen molar-refractivity contribution in [3.05, 3.63) is 42.0 Å². The Labute approximate surface area is 116 Å². The highest BCUT2D eigenvalue weighted by molar-refractivity contribution is 7.89. The fourth-order valence-corrected chi connectivity index (χ4v) is 3.90. The summed E-state index contributed by atoms with van der Waals surface area (Å²) in [5.74, 6) is 0.475. The van der Waals surface area contributed by atoms with Gasteiger partial charge in [0.1, 0.15) is 0 Å². The Bertz CT molecular complexity index is 558. The minimum absolute atomic E-state index is 0.00805. The number of aryl methyl sites for hydroxylation is 1. The molecule has 1 aliphatic rings. The number of rotatable bonds is 4. The molecule has 0 fully saturated rings. The van der Waals surface area contributed by atoms with E-state index < -0.39 is 10.0 Å². The van der Waals surface area contributed by atoms with Crippen LogP contribution >= 0.6 is 0 Å². The Morgan fingerprint density at radius 3 is 2.47 bits per heavy atom. The Morgan fingerprint density at radius 1 is 1.26 bits per heavy atom. The third-order valence-electron chi connectivity index (χ3n) is 3.35. The van der Waals surface area contributed by atoms with E-state index in [0.29, 0.717) is 17.4 Å². The lowest BCUT2D eigenvalue weighted by Crippen LogP contribution is -2.36. The smallest absolute Gasteiger partial charge is 0.207 e. The van der Waals surface area contributed by atoms with E-state index in [-0.39, 0.29) is 6.04 Å². The van der Waals surface area contributed by atoms with Gasteiger partial charge in [-0.15, -0.1) is 0 Å². The van der Waals surface area contributed by atoms with Crippen molar-refractivity contribution in [2.24, 2.45) is 5.92 Å². The van der Waals surface area contributed by atoms with Gasteiger partial charge < -0.3 is 0 Å². The molecular weight excluding hydrogens is 258 g/mol. The van der Waals surface area contributed by atoms with Crippen LogP contribution in [0.2, 0.25) is 0 Å². The van der Waals surface area contributed by atoms with Gasteiger partial charge >= 0.3 is 0 Å². The summed E-state index contributed by atoms with van der Waals surface area (Å²) >= 11 is 0. The lowest BCUT2D eigenvalue weighted by atomic mass is 10.1. The summed E-state index contributed by atoms with van der Waals surface area (Å²) in [6, 6.07) is 7.05. The summed E-state index contributed by atoms with van der Waals surface area (Å²) in [7, 11) is -3.38. The Hall–Kier alpha value is -1.13. The standard InChI is InChI=1S/C15H21NO2S/c1-12(2)11-14-5-4-10-16(14)19(17,18)15-8-6-13(3)7-9-15/h4-9,12,14H,10-11H2,1-3H3/t14-/m1/s1. The van der Waals surface area contributed by atoms with Crippen molar-refractivity contribution in [1.82, 2.24) is 4.31 Å². The minimum Gasteiger partial charge on any atom is -0.207 e. The molecule has 1 atom stereocenters. The molecule has 0 saturated heterocycles. The molecule has 1 aromatic rings. The van der Waals surface area contributed by atoms with Crippen molar-refractivity contribution in [1.29, 1.82) is 0 Å². The average molecular weight is 279 g/mol. The van der Waals surface area contributed by atoms with Crippen LogP contribution in [0.15, 0.2) is 41.3 Å². The summed E-state index contributed by atoms with van der Waals surface area (Å²) in [6.45, 7) is 6.66. The quantitative estimate of drug-likeness (QED) is 0.795. The lowest BCUT2D eigenvalue weighted by molar-refractivity contribution is 0.362. The van der Waals surface area contributed by atoms with Gasteiger partial charge in [-0.2, -0.15) is 4.31 Å². The molecule has 19 heavy (non-hydrogen) atoms. The predicted molar refractivity (Wildman–Crippen MR) is 77.5 cm³/mol. The van der Waals surface area contributed by atoms with Crippen molar-refractivity contribution in [3.8, 4) is 0 Å². The van der Waals surface area contributed by atoms with Gasteiger partial charge in [0.05, 0.1) is 4.90 Å². The van der Waals surface area contributed by atoms with E-state index in [1.165, 1.54) is 0 Å². The van der Waals surface area contributed by atoms with Crippen molar-refractivity contribution in [3.63, 3.8) is 0 Å². The second-order valence-electron chi connectivity index (χ2n) is 5.51. The van der Waals surface area contributed by atoms with Crippen LogP contribution < -0.4 is 0 Å². The Morgan fingerprint density at radius 2 is 1.89 bits per heavy atom. The first kappa shape index (κ1) is 14.3. The number of sulfonamides is 1. The van der Waals surface area contributed by atoms with Gasteiger partial charge in [-0.25, -0.2) is 8.42 Å². The van der Waals surface area contributed by atoms with Gasteiger partial charge in [0.15, 0.2) is 0 Å². The molecule has 0 amide bonds. The van der Waals surface area contributed by atoms with E-state index in [1.54, 1.807) is 16.4 Å². The zero-order chi connectivity index (χ0) is 14.0. The molecule has 0 aromatic heterocycles. The summed E-state index contributed by atoms with van der Waals surface area (Å²) in [6.07, 6.45) is 4.81. The van der Waals surface area contributed by atoms with Crippen molar-refractivity contribution in [2.75, 3.05) is 6.54 Å². The van der Waals surface area contributed by atoms with E-state index >= 15 is 0 Å². The van der Waals surface area contributed by atoms with Crippen LogP contribution in [-0.2, 0) is 10.0 Å². The lowest BCUT2D eigenvalue weighted by Gasteiger charge is -2.25. The Kier molecular flexibility index (Phi) is 4.11. The van der Waals surface area contributed by atoms with Gasteiger partial charge in [-0.3, -0.25) is 0 Å². The minimum atomic E-state index is -3.38. The van der Waals surface area contributed by atoms with E-state index in [9.17, 15) is 8.42 Å². The second kappa shape index (κ2) is 5.47. The van der Waals surface area contributed by atoms with E-state index in [4.69, 9.17) is 0 Å². The molecule has 1 heterocycles. The van der Waals surface area contributed by atoms with Gasteiger partial charge in [0, 0.05) is 12.6 Å². The molecule has 0 N–H and O–H groups in total. The largest absolute Gasteiger partial charge is 0.243 e. The second-order valence-corrected chi connectivity index (χ2v) is 7.40. The SMILES string of the molecule is Cc1ccc(S(=O)(=O)N2CC=C[C@@H]2CC(C)C)cc1. The van der Waals surface area contributed by atoms with Gasteiger partial charge in [0.2, 0.25) is 10.0 Å². The van der Waals surface area contributed by atoms with Crippen molar-refractivity contribution in [2.45, 2.75) is 38.1 Å². The first-order valence-corrected chi connectivity index (χ1v) is 8.10. The van der Waals surface area contributed by atoms with E-state index in [1.807, 2.05) is 31.2 Å². The fraction of sp³-hybridized carbons (Fsp3) is 0.467. The van der Waals surface area contributed by atoms with E-state index in [0.717, 1.165) is 12.0 Å². The maximum atomic E-state index is 12.6. The van der Waals surface area contributed by atoms with Crippen LogP contribution in [0.3, 0.4) is 0 Å². The molecule has 0 bridgehead atoms. The first-order valence-electron chi connectivity index (χ1n) is 6.66. The molecule has 4 heteroatoms. The van der Waals surface area contributed by atoms with Crippen LogP contribution in [0.25, 0.3) is 0 Å². The molecule has 3 nitrogen and oxygen atoms in total. The fourth-order valence-electron chi connectivity index (χ4n) is 2.35. The molecule has 104 valence electrons. The topological polar surface area (TPSA) is 37.4 Å². The number of hydrogen-bond donors (Lipinski definition) is 0.